The Hall–Kier alpha value is -2.22. The molecule has 2 aromatic rings. The van der Waals surface area contributed by atoms with Crippen LogP contribution in [0.3, 0.4) is 0 Å². The van der Waals surface area contributed by atoms with E-state index in [9.17, 15) is 0 Å². The molecule has 0 bridgehead atoms. The Labute approximate surface area is 131 Å². The fraction of sp³-hybridized carbons (Fsp3) is 0.300. The lowest BCUT2D eigenvalue weighted by atomic mass is 9.76. The van der Waals surface area contributed by atoms with Crippen LogP contribution in [0, 0.1) is 12.8 Å². The van der Waals surface area contributed by atoms with Crippen molar-refractivity contribution in [3.63, 3.8) is 0 Å². The monoisotopic (exact) mass is 291 g/mol. The third-order valence-electron chi connectivity index (χ3n) is 4.97. The van der Waals surface area contributed by atoms with E-state index in [2.05, 4.69) is 60.8 Å². The van der Waals surface area contributed by atoms with Gasteiger partial charge in [-0.05, 0) is 48.6 Å². The molecule has 3 unspecified atom stereocenters. The summed E-state index contributed by atoms with van der Waals surface area (Å²) in [6, 6.07) is 15.5. The third-order valence-corrected chi connectivity index (χ3v) is 4.97. The highest BCUT2D eigenvalue weighted by Crippen LogP contribution is 2.50. The maximum Gasteiger partial charge on any atom is 0.119 e. The average molecular weight is 291 g/mol. The number of allylic oxidation sites excluding steroid dienone is 2. The van der Waals surface area contributed by atoms with Crippen molar-refractivity contribution < 1.29 is 4.74 Å². The molecule has 0 aromatic heterocycles. The van der Waals surface area contributed by atoms with E-state index < -0.39 is 0 Å². The molecule has 1 N–H and O–H groups in total. The quantitative estimate of drug-likeness (QED) is 0.800. The number of anilines is 1. The van der Waals surface area contributed by atoms with Crippen molar-refractivity contribution in [2.24, 2.45) is 5.92 Å². The zero-order valence-electron chi connectivity index (χ0n) is 13.0. The lowest BCUT2D eigenvalue weighted by Crippen LogP contribution is -2.29. The van der Waals surface area contributed by atoms with Gasteiger partial charge >= 0.3 is 0 Å². The minimum atomic E-state index is 0.338. The van der Waals surface area contributed by atoms with Gasteiger partial charge in [-0.25, -0.2) is 0 Å². The number of fused-ring (bicyclic) bond motifs is 3. The van der Waals surface area contributed by atoms with Crippen LogP contribution in [-0.2, 0) is 0 Å². The Morgan fingerprint density at radius 3 is 2.91 bits per heavy atom. The fourth-order valence-electron chi connectivity index (χ4n) is 3.88. The molecule has 0 saturated heterocycles. The van der Waals surface area contributed by atoms with Gasteiger partial charge in [-0.2, -0.15) is 0 Å². The summed E-state index contributed by atoms with van der Waals surface area (Å²) in [6.07, 6.45) is 5.85. The van der Waals surface area contributed by atoms with Gasteiger partial charge in [-0.1, -0.05) is 42.0 Å². The fourth-order valence-corrected chi connectivity index (χ4v) is 3.88. The van der Waals surface area contributed by atoms with Crippen molar-refractivity contribution in [2.45, 2.75) is 25.3 Å². The van der Waals surface area contributed by atoms with Crippen LogP contribution in [0.2, 0.25) is 0 Å². The molecule has 1 heterocycles. The predicted molar refractivity (Wildman–Crippen MR) is 90.5 cm³/mol. The first-order valence-corrected chi connectivity index (χ1v) is 7.94. The summed E-state index contributed by atoms with van der Waals surface area (Å²) in [7, 11) is 1.73. The summed E-state index contributed by atoms with van der Waals surface area (Å²) in [5.74, 6) is 2.03. The first kappa shape index (κ1) is 13.4. The van der Waals surface area contributed by atoms with Crippen molar-refractivity contribution in [3.8, 4) is 5.75 Å². The molecule has 1 aliphatic heterocycles. The highest BCUT2D eigenvalue weighted by Gasteiger charge is 2.37. The van der Waals surface area contributed by atoms with Gasteiger partial charge in [-0.15, -0.1) is 0 Å². The lowest BCUT2D eigenvalue weighted by Gasteiger charge is -2.37. The van der Waals surface area contributed by atoms with Crippen LogP contribution < -0.4 is 10.1 Å². The van der Waals surface area contributed by atoms with E-state index >= 15 is 0 Å². The molecule has 4 rings (SSSR count). The van der Waals surface area contributed by atoms with Gasteiger partial charge in [0.25, 0.3) is 0 Å². The largest absolute Gasteiger partial charge is 0.497 e. The first-order chi connectivity index (χ1) is 10.8. The number of rotatable bonds is 2. The van der Waals surface area contributed by atoms with Gasteiger partial charge in [0.2, 0.25) is 0 Å². The molecular formula is C20H21NO. The van der Waals surface area contributed by atoms with Crippen LogP contribution in [0.25, 0.3) is 0 Å². The van der Waals surface area contributed by atoms with Crippen LogP contribution in [-0.4, -0.2) is 7.11 Å². The van der Waals surface area contributed by atoms with Gasteiger partial charge < -0.3 is 10.1 Å². The molecule has 2 heteroatoms. The molecular weight excluding hydrogens is 270 g/mol. The topological polar surface area (TPSA) is 21.3 Å². The standard InChI is InChI=1S/C20H21NO/c1-13-9-10-19-18(11-13)16-7-4-8-17(16)20(21-19)14-5-3-6-15(12-14)22-2/h3-7,9-12,16-17,20-21H,8H2,1-2H3. The Morgan fingerprint density at radius 1 is 1.14 bits per heavy atom. The predicted octanol–water partition coefficient (Wildman–Crippen LogP) is 4.83. The SMILES string of the molecule is COc1cccc(C2Nc3ccc(C)cc3C3C=CCC32)c1. The minimum absolute atomic E-state index is 0.338. The Kier molecular flexibility index (Phi) is 3.18. The maximum absolute atomic E-state index is 5.40. The number of ether oxygens (including phenoxy) is 1. The van der Waals surface area contributed by atoms with E-state index in [4.69, 9.17) is 4.74 Å². The Balaban J connectivity index is 1.77. The first-order valence-electron chi connectivity index (χ1n) is 7.94. The zero-order valence-corrected chi connectivity index (χ0v) is 13.0. The van der Waals surface area contributed by atoms with Crippen LogP contribution in [0.5, 0.6) is 5.75 Å². The number of methoxy groups -OCH3 is 1. The summed E-state index contributed by atoms with van der Waals surface area (Å²) < 4.78 is 5.40. The summed E-state index contributed by atoms with van der Waals surface area (Å²) in [5.41, 5.74) is 5.35. The highest BCUT2D eigenvalue weighted by molar-refractivity contribution is 5.60. The van der Waals surface area contributed by atoms with Gasteiger partial charge in [0.1, 0.15) is 5.75 Å². The van der Waals surface area contributed by atoms with Crippen molar-refractivity contribution >= 4 is 5.69 Å². The number of hydrogen-bond donors (Lipinski definition) is 1. The molecule has 0 saturated carbocycles. The minimum Gasteiger partial charge on any atom is -0.497 e. The second-order valence-corrected chi connectivity index (χ2v) is 6.34. The van der Waals surface area contributed by atoms with E-state index in [1.54, 1.807) is 7.11 Å². The second kappa shape index (κ2) is 5.20. The summed E-state index contributed by atoms with van der Waals surface area (Å²) >= 11 is 0. The smallest absolute Gasteiger partial charge is 0.119 e. The molecule has 2 nitrogen and oxygen atoms in total. The zero-order chi connectivity index (χ0) is 15.1. The second-order valence-electron chi connectivity index (χ2n) is 6.34. The average Bonchev–Trinajstić information content (AvgIpc) is 3.04. The number of aryl methyl sites for hydroxylation is 1. The van der Waals surface area contributed by atoms with E-state index in [0.29, 0.717) is 17.9 Å². The summed E-state index contributed by atoms with van der Waals surface area (Å²) in [6.45, 7) is 2.17. The van der Waals surface area contributed by atoms with E-state index in [1.165, 1.54) is 22.4 Å². The van der Waals surface area contributed by atoms with E-state index in [0.717, 1.165) is 12.2 Å². The molecule has 1 aliphatic carbocycles. The molecule has 2 aromatic carbocycles. The van der Waals surface area contributed by atoms with Crippen LogP contribution in [0.1, 0.15) is 35.1 Å². The van der Waals surface area contributed by atoms with Gasteiger partial charge in [0, 0.05) is 11.6 Å². The van der Waals surface area contributed by atoms with Crippen LogP contribution >= 0.6 is 0 Å². The molecule has 112 valence electrons. The van der Waals surface area contributed by atoms with Crippen molar-refractivity contribution in [2.75, 3.05) is 12.4 Å². The number of benzene rings is 2. The molecule has 22 heavy (non-hydrogen) atoms. The van der Waals surface area contributed by atoms with Gasteiger partial charge in [0.15, 0.2) is 0 Å². The van der Waals surface area contributed by atoms with Gasteiger partial charge in [-0.3, -0.25) is 0 Å². The molecule has 2 aliphatic rings. The van der Waals surface area contributed by atoms with Crippen LogP contribution in [0.15, 0.2) is 54.6 Å². The maximum atomic E-state index is 5.40. The van der Waals surface area contributed by atoms with Crippen LogP contribution in [0.4, 0.5) is 5.69 Å². The Bertz CT molecular complexity index is 734. The third kappa shape index (κ3) is 2.10. The molecule has 0 fully saturated rings. The summed E-state index contributed by atoms with van der Waals surface area (Å²) in [5, 5.41) is 3.77. The molecule has 0 spiro atoms. The molecule has 0 radical (unpaired) electrons. The molecule has 0 amide bonds. The number of hydrogen-bond acceptors (Lipinski definition) is 2. The van der Waals surface area contributed by atoms with Crippen molar-refractivity contribution in [1.29, 1.82) is 0 Å². The van der Waals surface area contributed by atoms with Crippen molar-refractivity contribution in [3.05, 3.63) is 71.3 Å². The molecule has 3 atom stereocenters. The number of nitrogens with one attached hydrogen (secondary N) is 1. The Morgan fingerprint density at radius 2 is 2.05 bits per heavy atom. The lowest BCUT2D eigenvalue weighted by molar-refractivity contribution is 0.406. The highest BCUT2D eigenvalue weighted by atomic mass is 16.5. The normalized spacial score (nSPS) is 25.3. The summed E-state index contributed by atoms with van der Waals surface area (Å²) in [4.78, 5) is 0. The van der Waals surface area contributed by atoms with E-state index in [1.807, 2.05) is 6.07 Å². The van der Waals surface area contributed by atoms with Crippen molar-refractivity contribution in [1.82, 2.24) is 0 Å². The van der Waals surface area contributed by atoms with Gasteiger partial charge in [0.05, 0.1) is 13.2 Å². The van der Waals surface area contributed by atoms with E-state index in [-0.39, 0.29) is 0 Å².